The van der Waals surface area contributed by atoms with Crippen molar-refractivity contribution in [3.8, 4) is 0 Å². The minimum Gasteiger partial charge on any atom is -0.377 e. The van der Waals surface area contributed by atoms with E-state index < -0.39 is 0 Å². The molecule has 0 aromatic rings. The number of hydrogen-bond donors (Lipinski definition) is 2. The first-order valence-electron chi connectivity index (χ1n) is 7.62. The highest BCUT2D eigenvalue weighted by Gasteiger charge is 2.06. The lowest BCUT2D eigenvalue weighted by Gasteiger charge is -2.08. The summed E-state index contributed by atoms with van der Waals surface area (Å²) in [6.45, 7) is 7.32. The molecule has 128 valence electrons. The Hall–Kier alpha value is -1.47. The molecule has 7 nitrogen and oxygen atoms in total. The van der Waals surface area contributed by atoms with Gasteiger partial charge in [0.15, 0.2) is 5.78 Å². The lowest BCUT2D eigenvalue weighted by atomic mass is 10.2. The topological polar surface area (TPSA) is 93.7 Å². The second-order valence-corrected chi connectivity index (χ2v) is 5.27. The van der Waals surface area contributed by atoms with Crippen molar-refractivity contribution in [2.24, 2.45) is 5.92 Å². The first-order chi connectivity index (χ1) is 10.4. The van der Waals surface area contributed by atoms with Crippen LogP contribution >= 0.6 is 0 Å². The molecule has 2 amide bonds. The van der Waals surface area contributed by atoms with Crippen LogP contribution in [-0.2, 0) is 23.9 Å². The van der Waals surface area contributed by atoms with Crippen molar-refractivity contribution in [3.63, 3.8) is 0 Å². The van der Waals surface area contributed by atoms with Gasteiger partial charge in [-0.15, -0.1) is 0 Å². The average Bonchev–Trinajstić information content (AvgIpc) is 2.45. The summed E-state index contributed by atoms with van der Waals surface area (Å²) in [6.07, 6.45) is 0.990. The van der Waals surface area contributed by atoms with Crippen LogP contribution in [-0.4, -0.2) is 57.1 Å². The first kappa shape index (κ1) is 20.5. The molecular weight excluding hydrogens is 288 g/mol. The zero-order valence-electron chi connectivity index (χ0n) is 13.8. The summed E-state index contributed by atoms with van der Waals surface area (Å²) >= 11 is 0. The SMILES string of the molecule is CC(=O)COCCOCCNC(=O)CCCNC(=O)C(C)C. The summed E-state index contributed by atoms with van der Waals surface area (Å²) in [5.41, 5.74) is 0. The number of Topliss-reactive ketones (excluding diaryl/α,β-unsaturated/α-hetero) is 1. The van der Waals surface area contributed by atoms with E-state index in [0.717, 1.165) is 0 Å². The van der Waals surface area contributed by atoms with Crippen LogP contribution in [0.3, 0.4) is 0 Å². The maximum Gasteiger partial charge on any atom is 0.222 e. The molecule has 0 aliphatic heterocycles. The van der Waals surface area contributed by atoms with Crippen molar-refractivity contribution in [3.05, 3.63) is 0 Å². The molecule has 0 aromatic heterocycles. The monoisotopic (exact) mass is 316 g/mol. The van der Waals surface area contributed by atoms with Crippen LogP contribution in [0.25, 0.3) is 0 Å². The normalized spacial score (nSPS) is 10.5. The zero-order chi connectivity index (χ0) is 16.8. The quantitative estimate of drug-likeness (QED) is 0.476. The fourth-order valence-electron chi connectivity index (χ4n) is 1.45. The second-order valence-electron chi connectivity index (χ2n) is 5.27. The number of ether oxygens (including phenoxy) is 2. The number of hydrogen-bond acceptors (Lipinski definition) is 5. The van der Waals surface area contributed by atoms with Gasteiger partial charge in [0, 0.05) is 25.4 Å². The van der Waals surface area contributed by atoms with Gasteiger partial charge in [-0.3, -0.25) is 14.4 Å². The molecule has 0 rings (SSSR count). The third-order valence-corrected chi connectivity index (χ3v) is 2.65. The largest absolute Gasteiger partial charge is 0.377 e. The number of rotatable bonds is 13. The predicted molar refractivity (Wildman–Crippen MR) is 82.4 cm³/mol. The fraction of sp³-hybridized carbons (Fsp3) is 0.800. The van der Waals surface area contributed by atoms with Gasteiger partial charge in [0.1, 0.15) is 6.61 Å². The van der Waals surface area contributed by atoms with Gasteiger partial charge in [-0.2, -0.15) is 0 Å². The maximum absolute atomic E-state index is 11.5. The molecule has 22 heavy (non-hydrogen) atoms. The Labute approximate surface area is 132 Å². The Balaban J connectivity index is 3.33. The van der Waals surface area contributed by atoms with Crippen LogP contribution in [0.1, 0.15) is 33.6 Å². The summed E-state index contributed by atoms with van der Waals surface area (Å²) in [6, 6.07) is 0. The molecule has 0 heterocycles. The minimum atomic E-state index is -0.0600. The van der Waals surface area contributed by atoms with Gasteiger partial charge in [-0.1, -0.05) is 13.8 Å². The number of carbonyl (C=O) groups excluding carboxylic acids is 3. The molecule has 0 unspecified atom stereocenters. The molecule has 0 radical (unpaired) electrons. The van der Waals surface area contributed by atoms with E-state index in [0.29, 0.717) is 45.8 Å². The molecule has 0 fully saturated rings. The first-order valence-corrected chi connectivity index (χ1v) is 7.62. The van der Waals surface area contributed by atoms with E-state index in [1.165, 1.54) is 6.92 Å². The molecular formula is C15H28N2O5. The zero-order valence-corrected chi connectivity index (χ0v) is 13.8. The molecule has 0 atom stereocenters. The molecule has 0 spiro atoms. The van der Waals surface area contributed by atoms with E-state index in [9.17, 15) is 14.4 Å². The highest BCUT2D eigenvalue weighted by molar-refractivity contribution is 5.78. The van der Waals surface area contributed by atoms with Crippen LogP contribution in [0.2, 0.25) is 0 Å². The number of nitrogens with one attached hydrogen (secondary N) is 2. The molecule has 0 aromatic carbocycles. The van der Waals surface area contributed by atoms with Gasteiger partial charge >= 0.3 is 0 Å². The average molecular weight is 316 g/mol. The summed E-state index contributed by atoms with van der Waals surface area (Å²) in [5, 5.41) is 5.49. The van der Waals surface area contributed by atoms with Crippen LogP contribution in [0, 0.1) is 5.92 Å². The van der Waals surface area contributed by atoms with Crippen molar-refractivity contribution in [2.45, 2.75) is 33.6 Å². The predicted octanol–water partition coefficient (Wildman–Crippen LogP) is 0.277. The molecule has 0 saturated carbocycles. The van der Waals surface area contributed by atoms with Gasteiger partial charge in [-0.25, -0.2) is 0 Å². The summed E-state index contributed by atoms with van der Waals surface area (Å²) < 4.78 is 10.3. The van der Waals surface area contributed by atoms with Gasteiger partial charge in [-0.05, 0) is 13.3 Å². The van der Waals surface area contributed by atoms with Gasteiger partial charge in [0.2, 0.25) is 11.8 Å². The van der Waals surface area contributed by atoms with Gasteiger partial charge in [0.25, 0.3) is 0 Å². The van der Waals surface area contributed by atoms with Gasteiger partial charge in [0.05, 0.1) is 19.8 Å². The maximum atomic E-state index is 11.5. The fourth-order valence-corrected chi connectivity index (χ4v) is 1.45. The highest BCUT2D eigenvalue weighted by Crippen LogP contribution is 1.92. The summed E-state index contributed by atoms with van der Waals surface area (Å²) in [7, 11) is 0. The van der Waals surface area contributed by atoms with Crippen LogP contribution < -0.4 is 10.6 Å². The summed E-state index contributed by atoms with van der Waals surface area (Å²) in [5.74, 6) is -0.113. The van der Waals surface area contributed by atoms with E-state index in [1.807, 2.05) is 13.8 Å². The molecule has 0 saturated heterocycles. The molecule has 7 heteroatoms. The number of ketones is 1. The Bertz CT molecular complexity index is 345. The standard InChI is InChI=1S/C15H28N2O5/c1-12(2)15(20)17-6-4-5-14(19)16-7-8-21-9-10-22-11-13(3)18/h12H,4-11H2,1-3H3,(H,16,19)(H,17,20). The van der Waals surface area contributed by atoms with E-state index in [1.54, 1.807) is 0 Å². The third-order valence-electron chi connectivity index (χ3n) is 2.65. The smallest absolute Gasteiger partial charge is 0.222 e. The molecule has 0 bridgehead atoms. The highest BCUT2D eigenvalue weighted by atomic mass is 16.5. The third kappa shape index (κ3) is 13.5. The Morgan fingerprint density at radius 3 is 2.27 bits per heavy atom. The number of amides is 2. The van der Waals surface area contributed by atoms with Crippen molar-refractivity contribution in [1.29, 1.82) is 0 Å². The van der Waals surface area contributed by atoms with Crippen LogP contribution in [0.4, 0.5) is 0 Å². The van der Waals surface area contributed by atoms with E-state index in [4.69, 9.17) is 9.47 Å². The lowest BCUT2D eigenvalue weighted by Crippen LogP contribution is -2.31. The second kappa shape index (κ2) is 13.2. The molecule has 0 aliphatic carbocycles. The van der Waals surface area contributed by atoms with Crippen molar-refractivity contribution in [1.82, 2.24) is 10.6 Å². The molecule has 0 aliphatic rings. The van der Waals surface area contributed by atoms with Crippen molar-refractivity contribution < 1.29 is 23.9 Å². The summed E-state index contributed by atoms with van der Waals surface area (Å²) in [4.78, 5) is 33.4. The van der Waals surface area contributed by atoms with Crippen LogP contribution in [0.5, 0.6) is 0 Å². The van der Waals surface area contributed by atoms with Crippen molar-refractivity contribution >= 4 is 17.6 Å². The van der Waals surface area contributed by atoms with E-state index >= 15 is 0 Å². The molecule has 2 N–H and O–H groups in total. The minimum absolute atomic E-state index is 0.000741. The Morgan fingerprint density at radius 2 is 1.64 bits per heavy atom. The van der Waals surface area contributed by atoms with Gasteiger partial charge < -0.3 is 20.1 Å². The van der Waals surface area contributed by atoms with E-state index in [-0.39, 0.29) is 30.1 Å². The van der Waals surface area contributed by atoms with Crippen molar-refractivity contribution in [2.75, 3.05) is 39.5 Å². The van der Waals surface area contributed by atoms with E-state index in [2.05, 4.69) is 10.6 Å². The Kier molecular flexibility index (Phi) is 12.3. The Morgan fingerprint density at radius 1 is 0.955 bits per heavy atom. The number of carbonyl (C=O) groups is 3. The lowest BCUT2D eigenvalue weighted by molar-refractivity contribution is -0.124. The van der Waals surface area contributed by atoms with Crippen LogP contribution in [0.15, 0.2) is 0 Å².